The van der Waals surface area contributed by atoms with Crippen LogP contribution in [0.5, 0.6) is 5.75 Å². The lowest BCUT2D eigenvalue weighted by Crippen LogP contribution is -2.47. The fraction of sp³-hybridized carbons (Fsp3) is 0.400. The van der Waals surface area contributed by atoms with Gasteiger partial charge in [0.25, 0.3) is 5.91 Å². The van der Waals surface area contributed by atoms with Gasteiger partial charge >= 0.3 is 0 Å². The van der Waals surface area contributed by atoms with E-state index in [4.69, 9.17) is 16.3 Å². The molecule has 2 aromatic rings. The van der Waals surface area contributed by atoms with Crippen LogP contribution in [-0.2, 0) is 16.0 Å². The van der Waals surface area contributed by atoms with Gasteiger partial charge in [0.05, 0.1) is 0 Å². The second kappa shape index (κ2) is 8.94. The lowest BCUT2D eigenvalue weighted by atomic mass is 9.84. The van der Waals surface area contributed by atoms with E-state index in [0.717, 1.165) is 24.0 Å². The largest absolute Gasteiger partial charge is 0.451 e. The van der Waals surface area contributed by atoms with Crippen molar-refractivity contribution in [2.45, 2.75) is 51.0 Å². The molecule has 2 aliphatic heterocycles. The number of halogens is 1. The number of hydrogen-bond acceptors (Lipinski definition) is 4. The number of carbonyl (C=O) groups is 2. The highest BCUT2D eigenvalue weighted by molar-refractivity contribution is 6.31. The molecule has 7 heteroatoms. The summed E-state index contributed by atoms with van der Waals surface area (Å²) in [5.41, 5.74) is 1.78. The number of ether oxygens (including phenoxy) is 1. The minimum Gasteiger partial charge on any atom is -0.451 e. The van der Waals surface area contributed by atoms with Crippen LogP contribution < -0.4 is 10.1 Å². The summed E-state index contributed by atoms with van der Waals surface area (Å²) in [7, 11) is 0. The highest BCUT2D eigenvalue weighted by atomic mass is 35.5. The van der Waals surface area contributed by atoms with Crippen LogP contribution >= 0.6 is 11.6 Å². The van der Waals surface area contributed by atoms with Crippen molar-refractivity contribution in [1.82, 2.24) is 9.88 Å². The Morgan fingerprint density at radius 1 is 1.19 bits per heavy atom. The van der Waals surface area contributed by atoms with Gasteiger partial charge in [0, 0.05) is 35.3 Å². The average Bonchev–Trinajstić information content (AvgIpc) is 3.13. The van der Waals surface area contributed by atoms with Crippen molar-refractivity contribution < 1.29 is 14.3 Å². The number of hydrogen-bond donors (Lipinski definition) is 1. The minimum absolute atomic E-state index is 0.196. The maximum Gasteiger partial charge on any atom is 0.290 e. The molecule has 0 spiro atoms. The Bertz CT molecular complexity index is 1060. The number of benzene rings is 1. The zero-order valence-electron chi connectivity index (χ0n) is 17.9. The van der Waals surface area contributed by atoms with Crippen molar-refractivity contribution in [3.8, 4) is 5.75 Å². The summed E-state index contributed by atoms with van der Waals surface area (Å²) in [6.07, 6.45) is 8.65. The average molecular weight is 452 g/mol. The van der Waals surface area contributed by atoms with Crippen LogP contribution in [-0.4, -0.2) is 34.3 Å². The first-order valence-electron chi connectivity index (χ1n) is 11.3. The molecule has 3 aliphatic rings. The summed E-state index contributed by atoms with van der Waals surface area (Å²) in [4.78, 5) is 32.7. The lowest BCUT2D eigenvalue weighted by molar-refractivity contribution is -0.135. The first-order chi connectivity index (χ1) is 15.6. The van der Waals surface area contributed by atoms with Crippen LogP contribution in [0, 0.1) is 5.92 Å². The van der Waals surface area contributed by atoms with Crippen LogP contribution in [0.2, 0.25) is 5.02 Å². The molecule has 3 heterocycles. The quantitative estimate of drug-likeness (QED) is 0.712. The standard InChI is InChI=1S/C25H26ClN3O3/c26-19-9-6-10-21-18(19)14-17-15-29(25(31)23(17)32-21)20(13-16-7-2-1-3-8-16)24(30)28-22-11-4-5-12-27-22/h4-6,9-12,16,20H,1-3,7-8,13-15H2,(H,27,28,30). The summed E-state index contributed by atoms with van der Waals surface area (Å²) < 4.78 is 5.98. The van der Waals surface area contributed by atoms with Crippen molar-refractivity contribution >= 4 is 29.2 Å². The van der Waals surface area contributed by atoms with Crippen LogP contribution in [0.3, 0.4) is 0 Å². The van der Waals surface area contributed by atoms with E-state index in [-0.39, 0.29) is 11.8 Å². The van der Waals surface area contributed by atoms with E-state index < -0.39 is 6.04 Å². The number of carbonyl (C=O) groups excluding carboxylic acids is 2. The zero-order valence-corrected chi connectivity index (χ0v) is 18.6. The van der Waals surface area contributed by atoms with Crippen LogP contribution in [0.25, 0.3) is 0 Å². The molecule has 0 bridgehead atoms. The SMILES string of the molecule is O=C(Nc1ccccn1)C(CC1CCCCC1)N1CC2=C(Oc3cccc(Cl)c3C2)C1=O. The predicted molar refractivity (Wildman–Crippen MR) is 122 cm³/mol. The highest BCUT2D eigenvalue weighted by Crippen LogP contribution is 2.39. The Morgan fingerprint density at radius 2 is 2.03 bits per heavy atom. The first-order valence-corrected chi connectivity index (χ1v) is 11.7. The zero-order chi connectivity index (χ0) is 22.1. The predicted octanol–water partition coefficient (Wildman–Crippen LogP) is 4.74. The minimum atomic E-state index is -0.569. The topological polar surface area (TPSA) is 71.5 Å². The van der Waals surface area contributed by atoms with Crippen LogP contribution in [0.4, 0.5) is 5.82 Å². The fourth-order valence-corrected chi connectivity index (χ4v) is 5.26. The molecule has 1 atom stereocenters. The molecule has 6 nitrogen and oxygen atoms in total. The molecule has 166 valence electrons. The number of nitrogens with zero attached hydrogens (tertiary/aromatic N) is 2. The van der Waals surface area contributed by atoms with Gasteiger partial charge in [-0.15, -0.1) is 0 Å². The van der Waals surface area contributed by atoms with Gasteiger partial charge in [0.2, 0.25) is 5.91 Å². The van der Waals surface area contributed by atoms with Gasteiger partial charge in [-0.05, 0) is 36.6 Å². The lowest BCUT2D eigenvalue weighted by Gasteiger charge is -2.31. The maximum atomic E-state index is 13.4. The van der Waals surface area contributed by atoms with Gasteiger partial charge in [-0.25, -0.2) is 4.98 Å². The smallest absolute Gasteiger partial charge is 0.290 e. The van der Waals surface area contributed by atoms with E-state index in [2.05, 4.69) is 10.3 Å². The van der Waals surface area contributed by atoms with Crippen molar-refractivity contribution in [2.24, 2.45) is 5.92 Å². The van der Waals surface area contributed by atoms with E-state index >= 15 is 0 Å². The molecule has 2 amide bonds. The molecular formula is C25H26ClN3O3. The number of nitrogens with one attached hydrogen (secondary N) is 1. The molecule has 1 aliphatic carbocycles. The molecule has 32 heavy (non-hydrogen) atoms. The van der Waals surface area contributed by atoms with Gasteiger partial charge in [-0.3, -0.25) is 9.59 Å². The molecule has 1 aromatic heterocycles. The molecule has 0 saturated heterocycles. The van der Waals surface area contributed by atoms with E-state index in [1.807, 2.05) is 24.3 Å². The van der Waals surface area contributed by atoms with E-state index in [9.17, 15) is 9.59 Å². The molecule has 1 saturated carbocycles. The van der Waals surface area contributed by atoms with Crippen LogP contribution in [0.15, 0.2) is 53.9 Å². The molecule has 1 N–H and O–H groups in total. The van der Waals surface area contributed by atoms with E-state index in [1.165, 1.54) is 19.3 Å². The normalized spacial score (nSPS) is 19.3. The van der Waals surface area contributed by atoms with Gasteiger partial charge in [-0.2, -0.15) is 0 Å². The van der Waals surface area contributed by atoms with Crippen LogP contribution in [0.1, 0.15) is 44.1 Å². The van der Waals surface area contributed by atoms with Crippen molar-refractivity contribution in [1.29, 1.82) is 0 Å². The van der Waals surface area contributed by atoms with Crippen molar-refractivity contribution in [3.63, 3.8) is 0 Å². The third-order valence-electron chi connectivity index (χ3n) is 6.69. The highest BCUT2D eigenvalue weighted by Gasteiger charge is 2.42. The molecule has 1 fully saturated rings. The summed E-state index contributed by atoms with van der Waals surface area (Å²) in [5.74, 6) is 1.47. The van der Waals surface area contributed by atoms with Gasteiger partial charge in [0.1, 0.15) is 17.6 Å². The molecular weight excluding hydrogens is 426 g/mol. The Morgan fingerprint density at radius 3 is 2.81 bits per heavy atom. The number of amides is 2. The number of fused-ring (bicyclic) bond motifs is 1. The summed E-state index contributed by atoms with van der Waals surface area (Å²) in [5, 5.41) is 3.54. The summed E-state index contributed by atoms with van der Waals surface area (Å²) >= 11 is 6.37. The third kappa shape index (κ3) is 4.11. The van der Waals surface area contributed by atoms with Gasteiger partial charge in [0.15, 0.2) is 5.76 Å². The van der Waals surface area contributed by atoms with Crippen molar-refractivity contribution in [2.75, 3.05) is 11.9 Å². The Kier molecular flexibility index (Phi) is 5.87. The number of rotatable bonds is 5. The molecule has 1 aromatic carbocycles. The number of pyridine rings is 1. The third-order valence-corrected chi connectivity index (χ3v) is 7.05. The Hall–Kier alpha value is -2.86. The van der Waals surface area contributed by atoms with Crippen molar-refractivity contribution in [3.05, 3.63) is 64.5 Å². The van der Waals surface area contributed by atoms with Gasteiger partial charge < -0.3 is 15.0 Å². The number of aromatic nitrogens is 1. The van der Waals surface area contributed by atoms with E-state index in [1.54, 1.807) is 23.2 Å². The Balaban J connectivity index is 1.38. The second-order valence-electron chi connectivity index (χ2n) is 8.82. The molecule has 1 unspecified atom stereocenters. The summed E-state index contributed by atoms with van der Waals surface area (Å²) in [6, 6.07) is 10.3. The first kappa shape index (κ1) is 21.0. The Labute approximate surface area is 192 Å². The second-order valence-corrected chi connectivity index (χ2v) is 9.23. The maximum absolute atomic E-state index is 13.4. The summed E-state index contributed by atoms with van der Waals surface area (Å²) in [6.45, 7) is 0.381. The fourth-order valence-electron chi connectivity index (χ4n) is 5.02. The monoisotopic (exact) mass is 451 g/mol. The number of anilines is 1. The molecule has 0 radical (unpaired) electrons. The van der Waals surface area contributed by atoms with Gasteiger partial charge in [-0.1, -0.05) is 55.8 Å². The van der Waals surface area contributed by atoms with E-state index in [0.29, 0.717) is 47.7 Å². The molecule has 5 rings (SSSR count).